The van der Waals surface area contributed by atoms with Crippen LogP contribution in [0.1, 0.15) is 22.8 Å². The first kappa shape index (κ1) is 20.9. The first-order valence-electron chi connectivity index (χ1n) is 10.1. The van der Waals surface area contributed by atoms with E-state index >= 15 is 0 Å². The van der Waals surface area contributed by atoms with Crippen LogP contribution in [0.4, 0.5) is 0 Å². The molecule has 0 N–H and O–H groups in total. The molecule has 0 atom stereocenters. The highest BCUT2D eigenvalue weighted by molar-refractivity contribution is 5.94. The third-order valence-electron chi connectivity index (χ3n) is 5.31. The van der Waals surface area contributed by atoms with Gasteiger partial charge in [-0.2, -0.15) is 0 Å². The van der Waals surface area contributed by atoms with Crippen molar-refractivity contribution in [1.29, 1.82) is 0 Å². The molecule has 0 spiro atoms. The van der Waals surface area contributed by atoms with Crippen molar-refractivity contribution in [2.75, 3.05) is 46.4 Å². The van der Waals surface area contributed by atoms with Crippen molar-refractivity contribution in [3.63, 3.8) is 0 Å². The lowest BCUT2D eigenvalue weighted by Gasteiger charge is -2.35. The summed E-state index contributed by atoms with van der Waals surface area (Å²) in [5, 5.41) is 0. The Balaban J connectivity index is 1.49. The second-order valence-electron chi connectivity index (χ2n) is 7.19. The van der Waals surface area contributed by atoms with E-state index in [-0.39, 0.29) is 11.8 Å². The number of rotatable bonds is 7. The fourth-order valence-electron chi connectivity index (χ4n) is 3.50. The van der Waals surface area contributed by atoms with Crippen LogP contribution in [0.3, 0.4) is 0 Å². The van der Waals surface area contributed by atoms with Crippen LogP contribution in [0.5, 0.6) is 5.75 Å². The molecule has 0 aliphatic carbocycles. The fraction of sp³-hybridized carbons (Fsp3) is 0.391. The lowest BCUT2D eigenvalue weighted by molar-refractivity contribution is -0.133. The number of piperazine rings is 1. The molecule has 0 aromatic heterocycles. The molecular formula is C23H29N3O3. The number of likely N-dealkylation sites (N-methyl/N-ethyl adjacent to an activating group) is 1. The number of ether oxygens (including phenoxy) is 1. The highest BCUT2D eigenvalue weighted by Crippen LogP contribution is 2.14. The maximum absolute atomic E-state index is 12.7. The van der Waals surface area contributed by atoms with E-state index in [9.17, 15) is 9.59 Å². The molecule has 1 saturated heterocycles. The van der Waals surface area contributed by atoms with E-state index in [2.05, 4.69) is 4.90 Å². The number of hydrogen-bond donors (Lipinski definition) is 0. The predicted molar refractivity (Wildman–Crippen MR) is 113 cm³/mol. The first-order chi connectivity index (χ1) is 14.1. The molecule has 0 saturated carbocycles. The third-order valence-corrected chi connectivity index (χ3v) is 5.31. The number of hydrogen-bond acceptors (Lipinski definition) is 4. The summed E-state index contributed by atoms with van der Waals surface area (Å²) in [7, 11) is 1.61. The molecule has 6 heteroatoms. The minimum Gasteiger partial charge on any atom is -0.497 e. The number of carbonyl (C=O) groups excluding carboxylic acids is 2. The standard InChI is InChI=1S/C23H29N3O3/c1-3-25(17-19-7-5-4-6-8-19)22(27)18-24-13-15-26(16-14-24)23(28)20-9-11-21(29-2)12-10-20/h4-12H,3,13-18H2,1-2H3. The Morgan fingerprint density at radius 3 is 2.21 bits per heavy atom. The van der Waals surface area contributed by atoms with Gasteiger partial charge >= 0.3 is 0 Å². The fourth-order valence-corrected chi connectivity index (χ4v) is 3.50. The van der Waals surface area contributed by atoms with Crippen LogP contribution in [-0.4, -0.2) is 72.9 Å². The van der Waals surface area contributed by atoms with Crippen molar-refractivity contribution in [3.05, 3.63) is 65.7 Å². The zero-order valence-corrected chi connectivity index (χ0v) is 17.2. The summed E-state index contributed by atoms with van der Waals surface area (Å²) in [4.78, 5) is 31.3. The maximum Gasteiger partial charge on any atom is 0.253 e. The minimum atomic E-state index is 0.0258. The number of benzene rings is 2. The Bertz CT molecular complexity index is 800. The van der Waals surface area contributed by atoms with Crippen LogP contribution in [0.25, 0.3) is 0 Å². The number of carbonyl (C=O) groups is 2. The van der Waals surface area contributed by atoms with E-state index < -0.39 is 0 Å². The van der Waals surface area contributed by atoms with Crippen molar-refractivity contribution in [2.45, 2.75) is 13.5 Å². The van der Waals surface area contributed by atoms with Gasteiger partial charge < -0.3 is 14.5 Å². The molecule has 0 bridgehead atoms. The van der Waals surface area contributed by atoms with Gasteiger partial charge in [-0.05, 0) is 36.8 Å². The molecule has 1 heterocycles. The van der Waals surface area contributed by atoms with Gasteiger partial charge in [0.25, 0.3) is 5.91 Å². The zero-order chi connectivity index (χ0) is 20.6. The van der Waals surface area contributed by atoms with E-state index in [1.165, 1.54) is 0 Å². The Kier molecular flexibility index (Phi) is 7.25. The quantitative estimate of drug-likeness (QED) is 0.723. The van der Waals surface area contributed by atoms with Gasteiger partial charge in [0.15, 0.2) is 0 Å². The SMILES string of the molecule is CCN(Cc1ccccc1)C(=O)CN1CCN(C(=O)c2ccc(OC)cc2)CC1. The van der Waals surface area contributed by atoms with Crippen molar-refractivity contribution < 1.29 is 14.3 Å². The average Bonchev–Trinajstić information content (AvgIpc) is 2.78. The summed E-state index contributed by atoms with van der Waals surface area (Å²) < 4.78 is 5.14. The van der Waals surface area contributed by atoms with Gasteiger partial charge in [-0.25, -0.2) is 0 Å². The number of methoxy groups -OCH3 is 1. The second-order valence-corrected chi connectivity index (χ2v) is 7.19. The molecule has 0 unspecified atom stereocenters. The third kappa shape index (κ3) is 5.57. The molecule has 2 aromatic carbocycles. The Morgan fingerprint density at radius 2 is 1.62 bits per heavy atom. The smallest absolute Gasteiger partial charge is 0.253 e. The molecule has 29 heavy (non-hydrogen) atoms. The molecule has 154 valence electrons. The summed E-state index contributed by atoms with van der Waals surface area (Å²) in [5.41, 5.74) is 1.80. The van der Waals surface area contributed by atoms with Gasteiger partial charge in [0, 0.05) is 44.8 Å². The Hall–Kier alpha value is -2.86. The van der Waals surface area contributed by atoms with Gasteiger partial charge in [-0.3, -0.25) is 14.5 Å². The van der Waals surface area contributed by atoms with Crippen molar-refractivity contribution in [1.82, 2.24) is 14.7 Å². The van der Waals surface area contributed by atoms with Crippen LogP contribution in [0.2, 0.25) is 0 Å². The van der Waals surface area contributed by atoms with Gasteiger partial charge in [-0.1, -0.05) is 30.3 Å². The van der Waals surface area contributed by atoms with Crippen molar-refractivity contribution in [3.8, 4) is 5.75 Å². The van der Waals surface area contributed by atoms with Crippen LogP contribution in [-0.2, 0) is 11.3 Å². The van der Waals surface area contributed by atoms with Gasteiger partial charge in [0.05, 0.1) is 13.7 Å². The Labute approximate surface area is 172 Å². The highest BCUT2D eigenvalue weighted by atomic mass is 16.5. The van der Waals surface area contributed by atoms with Crippen molar-refractivity contribution in [2.24, 2.45) is 0 Å². The Morgan fingerprint density at radius 1 is 0.966 bits per heavy atom. The second kappa shape index (κ2) is 10.1. The number of amides is 2. The molecular weight excluding hydrogens is 366 g/mol. The predicted octanol–water partition coefficient (Wildman–Crippen LogP) is 2.50. The zero-order valence-electron chi connectivity index (χ0n) is 17.2. The van der Waals surface area contributed by atoms with Crippen LogP contribution < -0.4 is 4.74 Å². The molecule has 0 radical (unpaired) electrons. The number of nitrogens with zero attached hydrogens (tertiary/aromatic N) is 3. The minimum absolute atomic E-state index is 0.0258. The lowest BCUT2D eigenvalue weighted by Crippen LogP contribution is -2.51. The molecule has 3 rings (SSSR count). The summed E-state index contributed by atoms with van der Waals surface area (Å²) >= 11 is 0. The molecule has 2 aromatic rings. The van der Waals surface area contributed by atoms with Crippen molar-refractivity contribution >= 4 is 11.8 Å². The highest BCUT2D eigenvalue weighted by Gasteiger charge is 2.24. The topological polar surface area (TPSA) is 53.1 Å². The van der Waals surface area contributed by atoms with E-state index in [4.69, 9.17) is 4.74 Å². The summed E-state index contributed by atoms with van der Waals surface area (Å²) in [6, 6.07) is 17.2. The molecule has 1 aliphatic heterocycles. The molecule has 1 fully saturated rings. The maximum atomic E-state index is 12.7. The summed E-state index contributed by atoms with van der Waals surface area (Å²) in [6.45, 7) is 6.38. The van der Waals surface area contributed by atoms with Crippen LogP contribution >= 0.6 is 0 Å². The van der Waals surface area contributed by atoms with Crippen LogP contribution in [0.15, 0.2) is 54.6 Å². The van der Waals surface area contributed by atoms with Gasteiger partial charge in [-0.15, -0.1) is 0 Å². The van der Waals surface area contributed by atoms with E-state index in [1.54, 1.807) is 31.4 Å². The van der Waals surface area contributed by atoms with E-state index in [0.717, 1.165) is 11.3 Å². The summed E-state index contributed by atoms with van der Waals surface area (Å²) in [6.07, 6.45) is 0. The lowest BCUT2D eigenvalue weighted by atomic mass is 10.1. The average molecular weight is 396 g/mol. The van der Waals surface area contributed by atoms with Gasteiger partial charge in [0.1, 0.15) is 5.75 Å². The largest absolute Gasteiger partial charge is 0.497 e. The van der Waals surface area contributed by atoms with E-state index in [1.807, 2.05) is 47.1 Å². The van der Waals surface area contributed by atoms with E-state index in [0.29, 0.717) is 51.4 Å². The van der Waals surface area contributed by atoms with Crippen LogP contribution in [0, 0.1) is 0 Å². The molecule has 1 aliphatic rings. The monoisotopic (exact) mass is 395 g/mol. The molecule has 6 nitrogen and oxygen atoms in total. The van der Waals surface area contributed by atoms with Gasteiger partial charge in [0.2, 0.25) is 5.91 Å². The normalized spacial score (nSPS) is 14.5. The summed E-state index contributed by atoms with van der Waals surface area (Å²) in [5.74, 6) is 0.894. The first-order valence-corrected chi connectivity index (χ1v) is 10.1. The molecule has 2 amide bonds.